The van der Waals surface area contributed by atoms with Gasteiger partial charge in [-0.2, -0.15) is 0 Å². The van der Waals surface area contributed by atoms with Gasteiger partial charge in [-0.25, -0.2) is 0 Å². The summed E-state index contributed by atoms with van der Waals surface area (Å²) in [7, 11) is 3.33. The van der Waals surface area contributed by atoms with Crippen LogP contribution in [0.2, 0.25) is 0 Å². The van der Waals surface area contributed by atoms with Crippen molar-refractivity contribution in [2.24, 2.45) is 0 Å². The maximum absolute atomic E-state index is 5.94. The summed E-state index contributed by atoms with van der Waals surface area (Å²) in [4.78, 5) is 6.81. The first-order chi connectivity index (χ1) is 17.4. The van der Waals surface area contributed by atoms with Crippen LogP contribution in [0.1, 0.15) is 34.7 Å². The molecule has 0 bridgehead atoms. The minimum Gasteiger partial charge on any atom is -0.497 e. The van der Waals surface area contributed by atoms with Crippen molar-refractivity contribution in [2.45, 2.75) is 25.9 Å². The molecule has 0 unspecified atom stereocenters. The predicted molar refractivity (Wildman–Crippen MR) is 150 cm³/mol. The van der Waals surface area contributed by atoms with Crippen molar-refractivity contribution in [3.8, 4) is 17.2 Å². The lowest BCUT2D eigenvalue weighted by Gasteiger charge is -2.29. The molecular weight excluding hydrogens is 536 g/mol. The summed E-state index contributed by atoms with van der Waals surface area (Å²) in [6, 6.07) is 21.9. The predicted octanol–water partition coefficient (Wildman–Crippen LogP) is 6.45. The zero-order valence-corrected chi connectivity index (χ0v) is 22.9. The molecule has 0 aliphatic carbocycles. The number of aryl methyl sites for hydroxylation is 1. The summed E-state index contributed by atoms with van der Waals surface area (Å²) >= 11 is 9.67. The van der Waals surface area contributed by atoms with Crippen LogP contribution in [0.5, 0.6) is 11.5 Å². The number of ether oxygens (including phenoxy) is 2. The molecule has 4 aromatic rings. The van der Waals surface area contributed by atoms with Gasteiger partial charge in [-0.3, -0.25) is 4.98 Å². The number of thiocarbonyl (C=S) groups is 1. The Kier molecular flexibility index (Phi) is 6.73. The van der Waals surface area contributed by atoms with Crippen molar-refractivity contribution in [1.82, 2.24) is 14.9 Å². The van der Waals surface area contributed by atoms with Crippen LogP contribution in [0.15, 0.2) is 77.4 Å². The molecule has 0 spiro atoms. The Morgan fingerprint density at radius 3 is 2.42 bits per heavy atom. The zero-order chi connectivity index (χ0) is 25.4. The third kappa shape index (κ3) is 4.14. The van der Waals surface area contributed by atoms with Crippen LogP contribution in [0.25, 0.3) is 5.69 Å². The summed E-state index contributed by atoms with van der Waals surface area (Å²) in [6.45, 7) is 4.28. The quantitative estimate of drug-likeness (QED) is 0.273. The highest BCUT2D eigenvalue weighted by atomic mass is 79.9. The Labute approximate surface area is 225 Å². The number of para-hydroxylation sites is 1. The number of halogens is 1. The largest absolute Gasteiger partial charge is 0.497 e. The molecule has 3 heterocycles. The van der Waals surface area contributed by atoms with Gasteiger partial charge in [-0.1, -0.05) is 18.2 Å². The average Bonchev–Trinajstić information content (AvgIpc) is 3.39. The van der Waals surface area contributed by atoms with E-state index in [1.807, 2.05) is 48.7 Å². The topological polar surface area (TPSA) is 51.6 Å². The lowest BCUT2D eigenvalue weighted by molar-refractivity contribution is 0.403. The Morgan fingerprint density at radius 2 is 1.72 bits per heavy atom. The van der Waals surface area contributed by atoms with E-state index in [4.69, 9.17) is 21.7 Å². The molecule has 0 saturated carbocycles. The van der Waals surface area contributed by atoms with Gasteiger partial charge in [0.15, 0.2) is 5.11 Å². The second-order valence-electron chi connectivity index (χ2n) is 8.65. The number of hydrogen-bond donors (Lipinski definition) is 1. The van der Waals surface area contributed by atoms with Gasteiger partial charge in [0.1, 0.15) is 11.5 Å². The van der Waals surface area contributed by atoms with Crippen LogP contribution in [0, 0.1) is 13.8 Å². The zero-order valence-electron chi connectivity index (χ0n) is 20.5. The lowest BCUT2D eigenvalue weighted by Crippen LogP contribution is -2.30. The Bertz CT molecular complexity index is 1420. The number of pyridine rings is 1. The van der Waals surface area contributed by atoms with Crippen molar-refractivity contribution in [2.75, 3.05) is 19.1 Å². The SMILES string of the molecule is COc1ccc(OC)c(N2C(=S)N[C@H](c3ccccn3)[C@@H]2c2cc(C)n(-c3ccccc3Br)c2C)c1. The second kappa shape index (κ2) is 9.95. The minimum atomic E-state index is -0.171. The van der Waals surface area contributed by atoms with Gasteiger partial charge >= 0.3 is 0 Å². The number of nitrogens with zero attached hydrogens (tertiary/aromatic N) is 3. The fourth-order valence-corrected chi connectivity index (χ4v) is 5.81. The van der Waals surface area contributed by atoms with E-state index in [9.17, 15) is 0 Å². The molecule has 2 aromatic heterocycles. The van der Waals surface area contributed by atoms with E-state index < -0.39 is 0 Å². The van der Waals surface area contributed by atoms with Crippen LogP contribution in [0.4, 0.5) is 5.69 Å². The standard InChI is InChI=1S/C28H27BrN4O2S/c1-17-15-20(18(2)32(17)23-11-6-5-9-21(23)29)27-26(22-10-7-8-14-30-22)31-28(36)33(27)24-16-19(34-3)12-13-25(24)35-4/h5-16,26-27H,1-4H3,(H,31,36)/t26-,27+/m1/s1. The summed E-state index contributed by atoms with van der Waals surface area (Å²) in [5, 5.41) is 4.15. The number of rotatable bonds is 6. The Hall–Kier alpha value is -3.36. The van der Waals surface area contributed by atoms with Gasteiger partial charge in [-0.05, 0) is 90.0 Å². The molecule has 1 aliphatic heterocycles. The van der Waals surface area contributed by atoms with E-state index in [2.05, 4.69) is 73.8 Å². The molecular formula is C28H27BrN4O2S. The number of anilines is 1. The molecule has 2 aromatic carbocycles. The van der Waals surface area contributed by atoms with Gasteiger partial charge < -0.3 is 24.3 Å². The number of hydrogen-bond acceptors (Lipinski definition) is 4. The highest BCUT2D eigenvalue weighted by molar-refractivity contribution is 9.10. The van der Waals surface area contributed by atoms with Gasteiger partial charge in [0, 0.05) is 28.1 Å². The van der Waals surface area contributed by atoms with Crippen molar-refractivity contribution < 1.29 is 9.47 Å². The first-order valence-corrected chi connectivity index (χ1v) is 12.8. The van der Waals surface area contributed by atoms with Crippen molar-refractivity contribution in [1.29, 1.82) is 0 Å². The molecule has 1 fully saturated rings. The summed E-state index contributed by atoms with van der Waals surface area (Å²) < 4.78 is 14.6. The van der Waals surface area contributed by atoms with E-state index in [0.717, 1.165) is 44.2 Å². The van der Waals surface area contributed by atoms with Crippen molar-refractivity contribution >= 4 is 38.9 Å². The smallest absolute Gasteiger partial charge is 0.174 e. The maximum Gasteiger partial charge on any atom is 0.174 e. The van der Waals surface area contributed by atoms with E-state index in [-0.39, 0.29) is 12.1 Å². The Balaban J connectivity index is 1.73. The van der Waals surface area contributed by atoms with Gasteiger partial charge in [0.05, 0.1) is 43.4 Å². The highest BCUT2D eigenvalue weighted by Crippen LogP contribution is 2.47. The monoisotopic (exact) mass is 562 g/mol. The number of nitrogens with one attached hydrogen (secondary N) is 1. The highest BCUT2D eigenvalue weighted by Gasteiger charge is 2.43. The fourth-order valence-electron chi connectivity index (χ4n) is 5.01. The second-order valence-corrected chi connectivity index (χ2v) is 9.89. The summed E-state index contributed by atoms with van der Waals surface area (Å²) in [5.74, 6) is 1.44. The van der Waals surface area contributed by atoms with Crippen LogP contribution < -0.4 is 19.7 Å². The molecule has 36 heavy (non-hydrogen) atoms. The summed E-state index contributed by atoms with van der Waals surface area (Å²) in [6.07, 6.45) is 1.82. The van der Waals surface area contributed by atoms with E-state index in [1.54, 1.807) is 14.2 Å². The number of benzene rings is 2. The Morgan fingerprint density at radius 1 is 0.944 bits per heavy atom. The van der Waals surface area contributed by atoms with Crippen LogP contribution in [-0.2, 0) is 0 Å². The third-order valence-corrected chi connectivity index (χ3v) is 7.61. The van der Waals surface area contributed by atoms with E-state index in [1.165, 1.54) is 0 Å². The normalized spacial score (nSPS) is 17.2. The first-order valence-electron chi connectivity index (χ1n) is 11.6. The van der Waals surface area contributed by atoms with E-state index >= 15 is 0 Å². The molecule has 184 valence electrons. The summed E-state index contributed by atoms with van der Waals surface area (Å²) in [5.41, 5.74) is 6.25. The molecule has 1 aliphatic rings. The van der Waals surface area contributed by atoms with Crippen LogP contribution in [0.3, 0.4) is 0 Å². The minimum absolute atomic E-state index is 0.164. The molecule has 5 rings (SSSR count). The van der Waals surface area contributed by atoms with Crippen molar-refractivity contribution in [3.05, 3.63) is 100 Å². The van der Waals surface area contributed by atoms with Gasteiger partial charge in [0.25, 0.3) is 0 Å². The molecule has 2 atom stereocenters. The molecule has 0 radical (unpaired) electrons. The molecule has 8 heteroatoms. The van der Waals surface area contributed by atoms with Gasteiger partial charge in [0.2, 0.25) is 0 Å². The molecule has 1 saturated heterocycles. The molecule has 0 amide bonds. The number of methoxy groups -OCH3 is 2. The average molecular weight is 564 g/mol. The first kappa shape index (κ1) is 24.3. The van der Waals surface area contributed by atoms with Crippen LogP contribution >= 0.6 is 28.1 Å². The van der Waals surface area contributed by atoms with Crippen molar-refractivity contribution in [3.63, 3.8) is 0 Å². The fraction of sp³-hybridized carbons (Fsp3) is 0.214. The van der Waals surface area contributed by atoms with Crippen LogP contribution in [-0.4, -0.2) is 28.9 Å². The van der Waals surface area contributed by atoms with Gasteiger partial charge in [-0.15, -0.1) is 0 Å². The number of aromatic nitrogens is 2. The lowest BCUT2D eigenvalue weighted by atomic mass is 9.96. The molecule has 6 nitrogen and oxygen atoms in total. The maximum atomic E-state index is 5.94. The van der Waals surface area contributed by atoms with E-state index in [0.29, 0.717) is 10.9 Å². The molecule has 1 N–H and O–H groups in total. The third-order valence-electron chi connectivity index (χ3n) is 6.63.